The fraction of sp³-hybridized carbons (Fsp3) is 0.476. The van der Waals surface area contributed by atoms with E-state index in [4.69, 9.17) is 12.2 Å². The van der Waals surface area contributed by atoms with Crippen molar-refractivity contribution in [2.24, 2.45) is 0 Å². The molecule has 1 aromatic carbocycles. The molecule has 3 aliphatic heterocycles. The minimum atomic E-state index is -3.17. The van der Waals surface area contributed by atoms with Crippen molar-refractivity contribution in [1.82, 2.24) is 4.90 Å². The average Bonchev–Trinajstić information content (AvgIpc) is 3.29. The Balaban J connectivity index is 1.69. The van der Waals surface area contributed by atoms with E-state index in [1.807, 2.05) is 18.2 Å². The lowest BCUT2D eigenvalue weighted by Crippen LogP contribution is -2.39. The molecule has 1 aromatic rings. The number of benzene rings is 1. The Kier molecular flexibility index (Phi) is 6.63. The predicted molar refractivity (Wildman–Crippen MR) is 132 cm³/mol. The van der Waals surface area contributed by atoms with Gasteiger partial charge in [-0.3, -0.25) is 14.5 Å². The first kappa shape index (κ1) is 22.9. The Labute approximate surface area is 200 Å². The lowest BCUT2D eigenvalue weighted by molar-refractivity contribution is -0.123. The highest BCUT2D eigenvalue weighted by atomic mass is 79.9. The maximum atomic E-state index is 13.4. The number of fused-ring (bicyclic) bond motifs is 1. The van der Waals surface area contributed by atoms with Gasteiger partial charge in [-0.2, -0.15) is 0 Å². The number of nitrogens with zero attached hydrogens (tertiary/aromatic N) is 2. The zero-order chi connectivity index (χ0) is 22.3. The van der Waals surface area contributed by atoms with Gasteiger partial charge in [0.2, 0.25) is 0 Å². The SMILES string of the molecule is CCCCCCN1C(=O)/C(=C2\SC(=S)N([C@H]3CCS(=O)(=O)C3)C2=O)c2cc(Br)ccc21. The van der Waals surface area contributed by atoms with Crippen LogP contribution in [-0.2, 0) is 19.4 Å². The van der Waals surface area contributed by atoms with Crippen molar-refractivity contribution in [3.05, 3.63) is 33.1 Å². The van der Waals surface area contributed by atoms with E-state index in [1.54, 1.807) is 4.90 Å². The molecule has 0 saturated carbocycles. The van der Waals surface area contributed by atoms with E-state index in [-0.39, 0.29) is 23.3 Å². The Morgan fingerprint density at radius 1 is 1.19 bits per heavy atom. The highest BCUT2D eigenvalue weighted by molar-refractivity contribution is 9.10. The summed E-state index contributed by atoms with van der Waals surface area (Å²) in [6.45, 7) is 2.74. The zero-order valence-corrected chi connectivity index (χ0v) is 21.1. The molecule has 0 aliphatic carbocycles. The smallest absolute Gasteiger partial charge is 0.267 e. The van der Waals surface area contributed by atoms with Crippen LogP contribution >= 0.6 is 39.9 Å². The molecule has 0 N–H and O–H groups in total. The topological polar surface area (TPSA) is 74.8 Å². The van der Waals surface area contributed by atoms with Crippen molar-refractivity contribution in [2.45, 2.75) is 45.1 Å². The van der Waals surface area contributed by atoms with Crippen LogP contribution in [0.15, 0.2) is 27.6 Å². The van der Waals surface area contributed by atoms with Crippen molar-refractivity contribution in [1.29, 1.82) is 0 Å². The minimum Gasteiger partial charge on any atom is -0.308 e. The quantitative estimate of drug-likeness (QED) is 0.305. The Bertz CT molecular complexity index is 1100. The molecule has 0 unspecified atom stereocenters. The van der Waals surface area contributed by atoms with Crippen molar-refractivity contribution >= 4 is 77.1 Å². The Morgan fingerprint density at radius 3 is 2.65 bits per heavy atom. The van der Waals surface area contributed by atoms with Gasteiger partial charge < -0.3 is 4.90 Å². The largest absolute Gasteiger partial charge is 0.308 e. The van der Waals surface area contributed by atoms with Crippen LogP contribution in [0.2, 0.25) is 0 Å². The number of rotatable bonds is 6. The first-order valence-electron chi connectivity index (χ1n) is 10.4. The van der Waals surface area contributed by atoms with Gasteiger partial charge in [0.15, 0.2) is 9.84 Å². The summed E-state index contributed by atoms with van der Waals surface area (Å²) >= 11 is 10.0. The van der Waals surface area contributed by atoms with Crippen LogP contribution in [0.4, 0.5) is 5.69 Å². The van der Waals surface area contributed by atoms with Crippen LogP contribution in [0.1, 0.15) is 44.6 Å². The third-order valence-electron chi connectivity index (χ3n) is 5.81. The highest BCUT2D eigenvalue weighted by Gasteiger charge is 2.46. The van der Waals surface area contributed by atoms with Crippen LogP contribution in [0.3, 0.4) is 0 Å². The predicted octanol–water partition coefficient (Wildman–Crippen LogP) is 4.13. The van der Waals surface area contributed by atoms with E-state index < -0.39 is 15.9 Å². The zero-order valence-electron chi connectivity index (χ0n) is 17.1. The van der Waals surface area contributed by atoms with E-state index in [2.05, 4.69) is 22.9 Å². The highest BCUT2D eigenvalue weighted by Crippen LogP contribution is 2.46. The van der Waals surface area contributed by atoms with E-state index in [0.29, 0.717) is 27.8 Å². The summed E-state index contributed by atoms with van der Waals surface area (Å²) in [4.78, 5) is 30.2. The standard InChI is InChI=1S/C21H23BrN2O4S3/c1-2-3-4-5-9-23-16-7-6-13(22)11-15(16)17(19(23)25)18-20(26)24(21(29)30-18)14-8-10-31(27,28)12-14/h6-7,11,14H,2-5,8-10,12H2,1H3/b18-17-/t14-/m0/s1. The second-order valence-electron chi connectivity index (χ2n) is 7.98. The van der Waals surface area contributed by atoms with E-state index >= 15 is 0 Å². The second kappa shape index (κ2) is 8.96. The van der Waals surface area contributed by atoms with E-state index in [1.165, 1.54) is 4.90 Å². The molecule has 4 rings (SSSR count). The number of hydrogen-bond acceptors (Lipinski definition) is 6. The minimum absolute atomic E-state index is 0.0564. The van der Waals surface area contributed by atoms with Gasteiger partial charge in [-0.05, 0) is 31.0 Å². The summed E-state index contributed by atoms with van der Waals surface area (Å²) < 4.78 is 25.0. The molecule has 3 aliphatic rings. The number of unbranched alkanes of at least 4 members (excludes halogenated alkanes) is 3. The van der Waals surface area contributed by atoms with Gasteiger partial charge in [-0.1, -0.05) is 66.1 Å². The number of carbonyl (C=O) groups is 2. The Hall–Kier alpha value is -1.23. The summed E-state index contributed by atoms with van der Waals surface area (Å²) in [6.07, 6.45) is 4.53. The number of anilines is 1. The summed E-state index contributed by atoms with van der Waals surface area (Å²) in [7, 11) is -3.17. The molecule has 2 amide bonds. The van der Waals surface area contributed by atoms with Crippen LogP contribution in [0, 0.1) is 0 Å². The molecular formula is C21H23BrN2O4S3. The molecule has 6 nitrogen and oxygen atoms in total. The van der Waals surface area contributed by atoms with Gasteiger partial charge in [0.25, 0.3) is 11.8 Å². The van der Waals surface area contributed by atoms with Gasteiger partial charge in [0.1, 0.15) is 4.32 Å². The van der Waals surface area contributed by atoms with Gasteiger partial charge in [-0.25, -0.2) is 8.42 Å². The molecule has 0 radical (unpaired) electrons. The van der Waals surface area contributed by atoms with E-state index in [0.717, 1.165) is 53.2 Å². The molecule has 0 bridgehead atoms. The number of thioether (sulfide) groups is 1. The molecule has 10 heteroatoms. The third-order valence-corrected chi connectivity index (χ3v) is 9.46. The molecular weight excluding hydrogens is 520 g/mol. The fourth-order valence-electron chi connectivity index (χ4n) is 4.27. The van der Waals surface area contributed by atoms with Crippen LogP contribution in [0.5, 0.6) is 0 Å². The molecule has 31 heavy (non-hydrogen) atoms. The molecule has 166 valence electrons. The normalized spacial score (nSPS) is 25.1. The number of halogens is 1. The Morgan fingerprint density at radius 2 is 1.97 bits per heavy atom. The van der Waals surface area contributed by atoms with E-state index in [9.17, 15) is 18.0 Å². The average molecular weight is 544 g/mol. The number of hydrogen-bond donors (Lipinski definition) is 0. The molecule has 0 spiro atoms. The lowest BCUT2D eigenvalue weighted by Gasteiger charge is -2.21. The van der Waals surface area contributed by atoms with Crippen molar-refractivity contribution in [3.63, 3.8) is 0 Å². The first-order valence-corrected chi connectivity index (χ1v) is 14.2. The number of amides is 2. The third kappa shape index (κ3) is 4.36. The van der Waals surface area contributed by atoms with Gasteiger partial charge in [-0.15, -0.1) is 0 Å². The van der Waals surface area contributed by atoms with Crippen LogP contribution < -0.4 is 4.90 Å². The first-order chi connectivity index (χ1) is 14.7. The van der Waals surface area contributed by atoms with Crippen molar-refractivity contribution < 1.29 is 18.0 Å². The summed E-state index contributed by atoms with van der Waals surface area (Å²) in [5.74, 6) is -0.578. The van der Waals surface area contributed by atoms with Gasteiger partial charge >= 0.3 is 0 Å². The lowest BCUT2D eigenvalue weighted by atomic mass is 10.1. The maximum absolute atomic E-state index is 13.4. The molecule has 1 atom stereocenters. The second-order valence-corrected chi connectivity index (χ2v) is 12.8. The fourth-order valence-corrected chi connectivity index (χ4v) is 7.80. The summed E-state index contributed by atoms with van der Waals surface area (Å²) in [5, 5.41) is 0. The van der Waals surface area contributed by atoms with Crippen LogP contribution in [-0.4, -0.2) is 53.5 Å². The molecule has 3 heterocycles. The van der Waals surface area contributed by atoms with Gasteiger partial charge in [0.05, 0.1) is 33.7 Å². The molecule has 2 fully saturated rings. The van der Waals surface area contributed by atoms with Crippen LogP contribution in [0.25, 0.3) is 5.57 Å². The molecule has 2 saturated heterocycles. The van der Waals surface area contributed by atoms with Crippen molar-refractivity contribution in [2.75, 3.05) is 23.0 Å². The number of carbonyl (C=O) groups excluding carboxylic acids is 2. The number of sulfone groups is 1. The van der Waals surface area contributed by atoms with Gasteiger partial charge in [0, 0.05) is 16.6 Å². The summed E-state index contributed by atoms with van der Waals surface area (Å²) in [5.41, 5.74) is 1.88. The monoisotopic (exact) mass is 542 g/mol. The summed E-state index contributed by atoms with van der Waals surface area (Å²) in [6, 6.07) is 5.19. The maximum Gasteiger partial charge on any atom is 0.267 e. The van der Waals surface area contributed by atoms with Crippen molar-refractivity contribution in [3.8, 4) is 0 Å². The molecule has 0 aromatic heterocycles. The number of thiocarbonyl (C=S) groups is 1.